The molecule has 0 radical (unpaired) electrons. The van der Waals surface area contributed by atoms with Gasteiger partial charge in [-0.1, -0.05) is 36.4 Å². The second-order valence-corrected chi connectivity index (χ2v) is 6.63. The van der Waals surface area contributed by atoms with Gasteiger partial charge in [0.25, 0.3) is 5.78 Å². The fraction of sp³-hybridized carbons (Fsp3) is 0.0435. The smallest absolute Gasteiger partial charge is 0.455 e. The van der Waals surface area contributed by atoms with Crippen LogP contribution in [0.25, 0.3) is 11.0 Å². The topological polar surface area (TPSA) is 70.8 Å². The summed E-state index contributed by atoms with van der Waals surface area (Å²) in [5.41, 5.74) is -1.06. The Balaban J connectivity index is 1.90. The summed E-state index contributed by atoms with van der Waals surface area (Å²) in [5, 5.41) is 10.0. The maximum Gasteiger partial charge on any atom is 0.455 e. The monoisotopic (exact) mass is 425 g/mol. The largest absolute Gasteiger partial charge is 0.506 e. The lowest BCUT2D eigenvalue weighted by Crippen LogP contribution is -2.28. The molecular weight excluding hydrogens is 411 g/mol. The molecule has 3 aromatic carbocycles. The standard InChI is InChI=1S/C23H14F3NO4/c24-23(25,26)21(29)19-20(28)17-12-11-16(13-18(17)31-22(19)30)27(14-7-3-1-4-8-14)15-9-5-2-6-10-15/h1-13,28H. The van der Waals surface area contributed by atoms with E-state index in [4.69, 9.17) is 4.42 Å². The highest BCUT2D eigenvalue weighted by molar-refractivity contribution is 6.06. The van der Waals surface area contributed by atoms with Crippen molar-refractivity contribution in [1.29, 1.82) is 0 Å². The van der Waals surface area contributed by atoms with Gasteiger partial charge in [-0.05, 0) is 36.4 Å². The van der Waals surface area contributed by atoms with Gasteiger partial charge in [0.05, 0.1) is 5.39 Å². The van der Waals surface area contributed by atoms with E-state index in [1.54, 1.807) is 6.07 Å². The summed E-state index contributed by atoms with van der Waals surface area (Å²) in [7, 11) is 0. The number of ketones is 1. The van der Waals surface area contributed by atoms with Gasteiger partial charge in [-0.2, -0.15) is 13.2 Å². The zero-order chi connectivity index (χ0) is 22.2. The second kappa shape index (κ2) is 7.64. The first kappa shape index (κ1) is 20.2. The fourth-order valence-electron chi connectivity index (χ4n) is 3.26. The average Bonchev–Trinajstić information content (AvgIpc) is 2.74. The Morgan fingerprint density at radius 2 is 1.39 bits per heavy atom. The lowest BCUT2D eigenvalue weighted by atomic mass is 10.1. The van der Waals surface area contributed by atoms with Crippen LogP contribution in [0.15, 0.2) is 88.1 Å². The summed E-state index contributed by atoms with van der Waals surface area (Å²) in [6.45, 7) is 0. The maximum atomic E-state index is 12.8. The number of nitrogens with zero attached hydrogens (tertiary/aromatic N) is 1. The van der Waals surface area contributed by atoms with Gasteiger partial charge in [0, 0.05) is 23.1 Å². The van der Waals surface area contributed by atoms with E-state index in [9.17, 15) is 27.9 Å². The summed E-state index contributed by atoms with van der Waals surface area (Å²) in [5.74, 6) is -3.52. The minimum Gasteiger partial charge on any atom is -0.506 e. The molecule has 0 saturated carbocycles. The average molecular weight is 425 g/mol. The van der Waals surface area contributed by atoms with Crippen molar-refractivity contribution >= 4 is 33.8 Å². The Hall–Kier alpha value is -4.07. The van der Waals surface area contributed by atoms with Gasteiger partial charge in [-0.15, -0.1) is 0 Å². The molecule has 4 aromatic rings. The highest BCUT2D eigenvalue weighted by Crippen LogP contribution is 2.38. The minimum atomic E-state index is -5.32. The molecule has 1 N–H and O–H groups in total. The number of para-hydroxylation sites is 2. The molecule has 1 heterocycles. The summed E-state index contributed by atoms with van der Waals surface area (Å²) >= 11 is 0. The van der Waals surface area contributed by atoms with Crippen molar-refractivity contribution in [2.24, 2.45) is 0 Å². The summed E-state index contributed by atoms with van der Waals surface area (Å²) in [6, 6.07) is 22.8. The number of anilines is 3. The van der Waals surface area contributed by atoms with Crippen LogP contribution in [0.5, 0.6) is 5.75 Å². The van der Waals surface area contributed by atoms with E-state index < -0.39 is 28.9 Å². The Morgan fingerprint density at radius 1 is 0.839 bits per heavy atom. The van der Waals surface area contributed by atoms with Crippen molar-refractivity contribution in [2.45, 2.75) is 6.18 Å². The summed E-state index contributed by atoms with van der Waals surface area (Å²) < 4.78 is 43.4. The van der Waals surface area contributed by atoms with Gasteiger partial charge in [0.15, 0.2) is 5.56 Å². The van der Waals surface area contributed by atoms with Crippen LogP contribution in [0, 0.1) is 0 Å². The van der Waals surface area contributed by atoms with Gasteiger partial charge in [-0.3, -0.25) is 4.79 Å². The minimum absolute atomic E-state index is 0.157. The van der Waals surface area contributed by atoms with Crippen molar-refractivity contribution in [2.75, 3.05) is 4.90 Å². The van der Waals surface area contributed by atoms with E-state index in [2.05, 4.69) is 0 Å². The highest BCUT2D eigenvalue weighted by Gasteiger charge is 2.43. The van der Waals surface area contributed by atoms with E-state index in [-0.39, 0.29) is 11.0 Å². The van der Waals surface area contributed by atoms with Gasteiger partial charge in [0.1, 0.15) is 11.3 Å². The molecule has 8 heteroatoms. The normalized spacial score (nSPS) is 11.5. The van der Waals surface area contributed by atoms with Crippen LogP contribution >= 0.6 is 0 Å². The SMILES string of the molecule is O=C(c1c(O)c2ccc(N(c3ccccc3)c3ccccc3)cc2oc1=O)C(F)(F)F. The van der Waals surface area contributed by atoms with Crippen molar-refractivity contribution < 1.29 is 27.5 Å². The number of alkyl halides is 3. The maximum absolute atomic E-state index is 12.8. The summed E-state index contributed by atoms with van der Waals surface area (Å²) in [4.78, 5) is 25.5. The third kappa shape index (κ3) is 3.75. The van der Waals surface area contributed by atoms with Crippen molar-refractivity contribution in [3.63, 3.8) is 0 Å². The molecule has 4 rings (SSSR count). The Kier molecular flexibility index (Phi) is 4.98. The lowest BCUT2D eigenvalue weighted by Gasteiger charge is -2.25. The predicted molar refractivity (Wildman–Crippen MR) is 109 cm³/mol. The molecule has 0 fully saturated rings. The van der Waals surface area contributed by atoms with E-state index in [1.165, 1.54) is 12.1 Å². The first-order valence-corrected chi connectivity index (χ1v) is 9.09. The first-order chi connectivity index (χ1) is 14.8. The molecule has 0 spiro atoms. The molecule has 0 aliphatic carbocycles. The van der Waals surface area contributed by atoms with E-state index in [0.717, 1.165) is 11.4 Å². The quantitative estimate of drug-likeness (QED) is 0.335. The Bertz CT molecular complexity index is 1280. The highest BCUT2D eigenvalue weighted by atomic mass is 19.4. The van der Waals surface area contributed by atoms with E-state index in [0.29, 0.717) is 5.69 Å². The van der Waals surface area contributed by atoms with E-state index in [1.807, 2.05) is 65.6 Å². The molecule has 156 valence electrons. The molecule has 0 amide bonds. The number of hydrogen-bond acceptors (Lipinski definition) is 5. The molecule has 31 heavy (non-hydrogen) atoms. The number of hydrogen-bond donors (Lipinski definition) is 1. The number of aromatic hydroxyl groups is 1. The number of rotatable bonds is 4. The second-order valence-electron chi connectivity index (χ2n) is 6.63. The summed E-state index contributed by atoms with van der Waals surface area (Å²) in [6.07, 6.45) is -5.32. The van der Waals surface area contributed by atoms with Crippen LogP contribution in [0.2, 0.25) is 0 Å². The third-order valence-electron chi connectivity index (χ3n) is 4.64. The van der Waals surface area contributed by atoms with Crippen molar-refractivity contribution in [1.82, 2.24) is 0 Å². The van der Waals surface area contributed by atoms with Crippen LogP contribution in [-0.2, 0) is 0 Å². The molecule has 0 atom stereocenters. The van der Waals surface area contributed by atoms with Crippen LogP contribution in [0.1, 0.15) is 10.4 Å². The fourth-order valence-corrected chi connectivity index (χ4v) is 3.26. The molecule has 0 bridgehead atoms. The molecule has 1 aromatic heterocycles. The molecule has 0 aliphatic rings. The van der Waals surface area contributed by atoms with Gasteiger partial charge < -0.3 is 14.4 Å². The number of halogens is 3. The molecule has 0 saturated heterocycles. The van der Waals surface area contributed by atoms with Crippen molar-refractivity contribution in [3.05, 3.63) is 94.8 Å². The number of carbonyl (C=O) groups excluding carboxylic acids is 1. The van der Waals surface area contributed by atoms with Gasteiger partial charge >= 0.3 is 11.8 Å². The molecular formula is C23H14F3NO4. The molecule has 0 aliphatic heterocycles. The third-order valence-corrected chi connectivity index (χ3v) is 4.64. The van der Waals surface area contributed by atoms with Crippen LogP contribution in [0.3, 0.4) is 0 Å². The number of Topliss-reactive ketones (excluding diaryl/α,β-unsaturated/α-hetero) is 1. The first-order valence-electron chi connectivity index (χ1n) is 9.09. The Labute approximate surface area is 173 Å². The van der Waals surface area contributed by atoms with Crippen LogP contribution in [-0.4, -0.2) is 17.1 Å². The van der Waals surface area contributed by atoms with E-state index >= 15 is 0 Å². The van der Waals surface area contributed by atoms with Crippen molar-refractivity contribution in [3.8, 4) is 5.75 Å². The van der Waals surface area contributed by atoms with Gasteiger partial charge in [-0.25, -0.2) is 4.79 Å². The lowest BCUT2D eigenvalue weighted by molar-refractivity contribution is -0.0888. The van der Waals surface area contributed by atoms with Crippen LogP contribution in [0.4, 0.5) is 30.2 Å². The molecule has 0 unspecified atom stereocenters. The zero-order valence-electron chi connectivity index (χ0n) is 15.8. The molecule has 5 nitrogen and oxygen atoms in total. The number of benzene rings is 3. The Morgan fingerprint density at radius 3 is 1.90 bits per heavy atom. The predicted octanol–water partition coefficient (Wildman–Crippen LogP) is 5.71. The number of carbonyl (C=O) groups is 1. The zero-order valence-corrected chi connectivity index (χ0v) is 15.8. The van der Waals surface area contributed by atoms with Gasteiger partial charge in [0.2, 0.25) is 0 Å². The number of fused-ring (bicyclic) bond motifs is 1. The van der Waals surface area contributed by atoms with Crippen LogP contribution < -0.4 is 10.5 Å².